The normalized spacial score (nSPS) is 12.3. The molecule has 0 saturated carbocycles. The van der Waals surface area contributed by atoms with E-state index >= 15 is 0 Å². The van der Waals surface area contributed by atoms with Crippen molar-refractivity contribution in [3.63, 3.8) is 0 Å². The maximum absolute atomic E-state index is 5.81. The van der Waals surface area contributed by atoms with Gasteiger partial charge in [-0.25, -0.2) is 4.68 Å². The van der Waals surface area contributed by atoms with Crippen LogP contribution in [-0.4, -0.2) is 20.2 Å². The number of rotatable bonds is 3. The summed E-state index contributed by atoms with van der Waals surface area (Å²) in [6.07, 6.45) is 0. The van der Waals surface area contributed by atoms with Crippen molar-refractivity contribution < 1.29 is 0 Å². The maximum atomic E-state index is 5.81. The number of nitrogens with zero attached hydrogens (tertiary/aromatic N) is 4. The van der Waals surface area contributed by atoms with Crippen LogP contribution in [0.3, 0.4) is 0 Å². The summed E-state index contributed by atoms with van der Waals surface area (Å²) >= 11 is 0. The van der Waals surface area contributed by atoms with Crippen molar-refractivity contribution in [1.29, 1.82) is 0 Å². The smallest absolute Gasteiger partial charge is 0.182 e. The molecule has 0 spiro atoms. The average molecular weight is 279 g/mol. The highest BCUT2D eigenvalue weighted by Crippen LogP contribution is 2.26. The van der Waals surface area contributed by atoms with Crippen LogP contribution in [0.4, 0.5) is 5.69 Å². The topological polar surface area (TPSA) is 69.6 Å². The molecule has 0 aliphatic rings. The van der Waals surface area contributed by atoms with Gasteiger partial charge in [-0.3, -0.25) is 0 Å². The summed E-state index contributed by atoms with van der Waals surface area (Å²) in [5.74, 6) is 0.754. The predicted molar refractivity (Wildman–Crippen MR) is 82.7 cm³/mol. The molecule has 1 unspecified atom stereocenters. The molecule has 0 saturated heterocycles. The molecule has 21 heavy (non-hydrogen) atoms. The van der Waals surface area contributed by atoms with Crippen molar-refractivity contribution >= 4 is 5.69 Å². The number of anilines is 1. The van der Waals surface area contributed by atoms with Gasteiger partial charge in [-0.1, -0.05) is 30.3 Å². The van der Waals surface area contributed by atoms with Gasteiger partial charge in [0.05, 0.1) is 6.04 Å². The molecule has 1 heterocycles. The first-order chi connectivity index (χ1) is 10.2. The average Bonchev–Trinajstić information content (AvgIpc) is 2.96. The lowest BCUT2D eigenvalue weighted by Crippen LogP contribution is -2.10. The van der Waals surface area contributed by atoms with Crippen LogP contribution in [0, 0.1) is 6.92 Å². The van der Waals surface area contributed by atoms with Crippen LogP contribution < -0.4 is 5.73 Å². The lowest BCUT2D eigenvalue weighted by atomic mass is 10.1. The van der Waals surface area contributed by atoms with Crippen molar-refractivity contribution in [3.05, 3.63) is 59.7 Å². The Labute approximate surface area is 123 Å². The molecule has 0 amide bonds. The van der Waals surface area contributed by atoms with E-state index in [0.29, 0.717) is 0 Å². The Hall–Kier alpha value is -2.69. The number of benzene rings is 2. The van der Waals surface area contributed by atoms with E-state index in [9.17, 15) is 0 Å². The molecule has 0 fully saturated rings. The molecule has 5 heteroatoms. The van der Waals surface area contributed by atoms with Crippen molar-refractivity contribution in [1.82, 2.24) is 20.2 Å². The third-order valence-corrected chi connectivity index (χ3v) is 3.63. The Morgan fingerprint density at radius 1 is 1.10 bits per heavy atom. The van der Waals surface area contributed by atoms with Gasteiger partial charge in [0.15, 0.2) is 5.82 Å². The second-order valence-electron chi connectivity index (χ2n) is 5.11. The van der Waals surface area contributed by atoms with Gasteiger partial charge in [0, 0.05) is 11.3 Å². The number of hydrogen-bond donors (Lipinski definition) is 1. The molecule has 3 aromatic rings. The van der Waals surface area contributed by atoms with Crippen molar-refractivity contribution in [2.45, 2.75) is 19.9 Å². The van der Waals surface area contributed by atoms with Crippen LogP contribution in [-0.2, 0) is 0 Å². The minimum Gasteiger partial charge on any atom is -0.399 e. The lowest BCUT2D eigenvalue weighted by molar-refractivity contribution is 0.548. The number of nitrogen functional groups attached to an aromatic ring is 1. The Morgan fingerprint density at radius 3 is 2.57 bits per heavy atom. The zero-order valence-corrected chi connectivity index (χ0v) is 12.1. The van der Waals surface area contributed by atoms with Gasteiger partial charge in [-0.05, 0) is 53.6 Å². The standard InChI is InChI=1S/C16H17N5/c1-11-10-14(17)8-9-15(11)16-18-19-20-21(16)12(2)13-6-4-3-5-7-13/h3-10,12H,17H2,1-2H3. The highest BCUT2D eigenvalue weighted by atomic mass is 15.5. The zero-order valence-electron chi connectivity index (χ0n) is 12.1. The molecule has 2 aromatic carbocycles. The quantitative estimate of drug-likeness (QED) is 0.748. The zero-order chi connectivity index (χ0) is 14.8. The summed E-state index contributed by atoms with van der Waals surface area (Å²) in [6.45, 7) is 4.10. The fourth-order valence-corrected chi connectivity index (χ4v) is 2.44. The van der Waals surface area contributed by atoms with Crippen LogP contribution in [0.5, 0.6) is 0 Å². The van der Waals surface area contributed by atoms with Gasteiger partial charge in [-0.15, -0.1) is 5.10 Å². The third-order valence-electron chi connectivity index (χ3n) is 3.63. The highest BCUT2D eigenvalue weighted by molar-refractivity contribution is 5.63. The van der Waals surface area contributed by atoms with E-state index in [1.807, 2.05) is 48.0 Å². The van der Waals surface area contributed by atoms with Crippen LogP contribution in [0.25, 0.3) is 11.4 Å². The first-order valence-electron chi connectivity index (χ1n) is 6.86. The minimum atomic E-state index is 0.0631. The number of hydrogen-bond acceptors (Lipinski definition) is 4. The third kappa shape index (κ3) is 2.50. The van der Waals surface area contributed by atoms with Gasteiger partial charge in [0.1, 0.15) is 0 Å². The van der Waals surface area contributed by atoms with Gasteiger partial charge in [-0.2, -0.15) is 0 Å². The molecule has 0 bridgehead atoms. The van der Waals surface area contributed by atoms with Gasteiger partial charge >= 0.3 is 0 Å². The molecule has 5 nitrogen and oxygen atoms in total. The summed E-state index contributed by atoms with van der Waals surface area (Å²) in [4.78, 5) is 0. The largest absolute Gasteiger partial charge is 0.399 e. The van der Waals surface area contributed by atoms with Gasteiger partial charge in [0.25, 0.3) is 0 Å². The molecular weight excluding hydrogens is 262 g/mol. The van der Waals surface area contributed by atoms with Crippen LogP contribution >= 0.6 is 0 Å². The van der Waals surface area contributed by atoms with E-state index in [0.717, 1.165) is 22.6 Å². The summed E-state index contributed by atoms with van der Waals surface area (Å²) in [5.41, 5.74) is 9.78. The predicted octanol–water partition coefficient (Wildman–Crippen LogP) is 2.84. The number of tetrazole rings is 1. The SMILES string of the molecule is Cc1cc(N)ccc1-c1nnnn1C(C)c1ccccc1. The molecular formula is C16H17N5. The monoisotopic (exact) mass is 279 g/mol. The van der Waals surface area contributed by atoms with Gasteiger partial charge in [0.2, 0.25) is 0 Å². The van der Waals surface area contributed by atoms with Crippen LogP contribution in [0.15, 0.2) is 48.5 Å². The van der Waals surface area contributed by atoms with E-state index in [4.69, 9.17) is 5.73 Å². The maximum Gasteiger partial charge on any atom is 0.182 e. The van der Waals surface area contributed by atoms with E-state index < -0.39 is 0 Å². The molecule has 3 rings (SSSR count). The Morgan fingerprint density at radius 2 is 1.86 bits per heavy atom. The molecule has 0 radical (unpaired) electrons. The molecule has 0 aliphatic heterocycles. The fourth-order valence-electron chi connectivity index (χ4n) is 2.44. The minimum absolute atomic E-state index is 0.0631. The van der Waals surface area contributed by atoms with Crippen molar-refractivity contribution in [2.24, 2.45) is 0 Å². The molecule has 1 atom stereocenters. The first kappa shape index (κ1) is 13.3. The molecule has 0 aliphatic carbocycles. The van der Waals surface area contributed by atoms with Crippen molar-refractivity contribution in [2.75, 3.05) is 5.73 Å². The number of aryl methyl sites for hydroxylation is 1. The summed E-state index contributed by atoms with van der Waals surface area (Å²) in [6, 6.07) is 16.0. The van der Waals surface area contributed by atoms with Crippen molar-refractivity contribution in [3.8, 4) is 11.4 Å². The number of aromatic nitrogens is 4. The highest BCUT2D eigenvalue weighted by Gasteiger charge is 2.17. The van der Waals surface area contributed by atoms with Gasteiger partial charge < -0.3 is 5.73 Å². The second kappa shape index (κ2) is 5.36. The second-order valence-corrected chi connectivity index (χ2v) is 5.11. The lowest BCUT2D eigenvalue weighted by Gasteiger charge is -2.14. The van der Waals surface area contributed by atoms with Crippen LogP contribution in [0.1, 0.15) is 24.1 Å². The van der Waals surface area contributed by atoms with E-state index in [1.54, 1.807) is 0 Å². The Balaban J connectivity index is 2.05. The van der Waals surface area contributed by atoms with E-state index in [1.165, 1.54) is 5.56 Å². The summed E-state index contributed by atoms with van der Waals surface area (Å²) in [7, 11) is 0. The number of nitrogens with two attached hydrogens (primary N) is 1. The van der Waals surface area contributed by atoms with Crippen LogP contribution in [0.2, 0.25) is 0 Å². The molecule has 106 valence electrons. The Bertz CT molecular complexity index is 748. The summed E-state index contributed by atoms with van der Waals surface area (Å²) < 4.78 is 1.84. The molecule has 1 aromatic heterocycles. The fraction of sp³-hybridized carbons (Fsp3) is 0.188. The van der Waals surface area contributed by atoms with E-state index in [2.05, 4.69) is 34.6 Å². The van der Waals surface area contributed by atoms with E-state index in [-0.39, 0.29) is 6.04 Å². The summed E-state index contributed by atoms with van der Waals surface area (Å²) in [5, 5.41) is 12.2. The molecule has 2 N–H and O–H groups in total. The first-order valence-corrected chi connectivity index (χ1v) is 6.86. The Kier molecular flexibility index (Phi) is 3.39.